The molecule has 0 radical (unpaired) electrons. The first kappa shape index (κ1) is 33.9. The quantitative estimate of drug-likeness (QED) is 0.0987. The van der Waals surface area contributed by atoms with Crippen LogP contribution in [0.2, 0.25) is 0 Å². The standard InChI is InChI=1S/C25H33N3O8S.Na.H/c1-4-28-22(30)25(32,37(33,34)35)21(27)24(18-13-9-6-10-14-18,20(29)19(26)16(2)3)23(31)36-15-17-11-7-5-8-12-17;;/h5-14,16,19,21,32H,4,15,26-27H2,1-3H3,(H,28,30)(H,33,34,35);;/t19-,21?,24?,25?;;/m1../s1. The Labute approximate surface area is 244 Å². The molecule has 11 nitrogen and oxygen atoms in total. The van der Waals surface area contributed by atoms with Gasteiger partial charge in [-0.1, -0.05) is 74.5 Å². The van der Waals surface area contributed by atoms with E-state index in [0.29, 0.717) is 5.56 Å². The van der Waals surface area contributed by atoms with E-state index in [9.17, 15) is 32.5 Å². The molecule has 0 saturated carbocycles. The summed E-state index contributed by atoms with van der Waals surface area (Å²) in [6, 6.07) is 11.4. The zero-order valence-corrected chi connectivity index (χ0v) is 21.6. The second-order valence-corrected chi connectivity index (χ2v) is 10.5. The number of ketones is 1. The Morgan fingerprint density at radius 1 is 1.00 bits per heavy atom. The molecule has 0 saturated heterocycles. The minimum absolute atomic E-state index is 0. The molecule has 3 unspecified atom stereocenters. The average Bonchev–Trinajstić information content (AvgIpc) is 2.87. The zero-order valence-electron chi connectivity index (χ0n) is 20.8. The summed E-state index contributed by atoms with van der Waals surface area (Å²) in [6.07, 6.45) is 0. The Balaban J connectivity index is 0.00000722. The van der Waals surface area contributed by atoms with Crippen molar-refractivity contribution in [3.05, 3.63) is 71.8 Å². The van der Waals surface area contributed by atoms with E-state index in [2.05, 4.69) is 5.32 Å². The van der Waals surface area contributed by atoms with Crippen molar-refractivity contribution in [3.63, 3.8) is 0 Å². The first-order chi connectivity index (χ1) is 17.3. The van der Waals surface area contributed by atoms with E-state index in [1.807, 2.05) is 0 Å². The fourth-order valence-corrected chi connectivity index (χ4v) is 4.73. The summed E-state index contributed by atoms with van der Waals surface area (Å²) in [6.45, 7) is 4.07. The van der Waals surface area contributed by atoms with Crippen molar-refractivity contribution in [2.24, 2.45) is 17.4 Å². The fraction of sp³-hybridized carbons (Fsp3) is 0.400. The monoisotopic (exact) mass is 559 g/mol. The Kier molecular flexibility index (Phi) is 12.3. The van der Waals surface area contributed by atoms with Crippen LogP contribution in [0.25, 0.3) is 0 Å². The van der Waals surface area contributed by atoms with Gasteiger partial charge in [0.25, 0.3) is 10.8 Å². The second kappa shape index (κ2) is 13.8. The number of Topliss-reactive ketones (excluding diaryl/α,β-unsaturated/α-hetero) is 1. The molecule has 0 heterocycles. The van der Waals surface area contributed by atoms with Gasteiger partial charge in [0.2, 0.25) is 0 Å². The molecule has 204 valence electrons. The molecule has 2 aromatic rings. The van der Waals surface area contributed by atoms with E-state index in [0.717, 1.165) is 0 Å². The molecule has 7 N–H and O–H groups in total. The zero-order chi connectivity index (χ0) is 28.0. The fourth-order valence-electron chi connectivity index (χ4n) is 3.92. The van der Waals surface area contributed by atoms with Crippen molar-refractivity contribution in [3.8, 4) is 0 Å². The van der Waals surface area contributed by atoms with E-state index in [1.54, 1.807) is 50.2 Å². The first-order valence-electron chi connectivity index (χ1n) is 11.6. The number of likely N-dealkylation sites (N-methyl/N-ethyl adjacent to an activating group) is 1. The van der Waals surface area contributed by atoms with Crippen molar-refractivity contribution >= 4 is 57.3 Å². The number of nitrogens with one attached hydrogen (secondary N) is 1. The van der Waals surface area contributed by atoms with Gasteiger partial charge in [-0.25, -0.2) is 0 Å². The first-order valence-corrected chi connectivity index (χ1v) is 13.0. The van der Waals surface area contributed by atoms with Gasteiger partial charge >= 0.3 is 45.6 Å². The van der Waals surface area contributed by atoms with Gasteiger partial charge in [0.15, 0.2) is 11.2 Å². The normalized spacial score (nSPS) is 16.2. The van der Waals surface area contributed by atoms with E-state index < -0.39 is 56.1 Å². The Bertz CT molecular complexity index is 1210. The number of aliphatic hydroxyl groups is 1. The number of ether oxygens (including phenoxy) is 1. The van der Waals surface area contributed by atoms with Crippen LogP contribution in [0.1, 0.15) is 31.9 Å². The van der Waals surface area contributed by atoms with E-state index in [1.165, 1.54) is 31.2 Å². The van der Waals surface area contributed by atoms with Gasteiger partial charge in [0.05, 0.1) is 12.1 Å². The molecule has 0 aliphatic rings. The van der Waals surface area contributed by atoms with Crippen LogP contribution in [-0.2, 0) is 41.3 Å². The molecule has 1 amide bonds. The second-order valence-electron chi connectivity index (χ2n) is 8.88. The molecule has 2 rings (SSSR count). The molecule has 0 aliphatic heterocycles. The number of amides is 1. The van der Waals surface area contributed by atoms with Crippen LogP contribution in [0.15, 0.2) is 60.7 Å². The summed E-state index contributed by atoms with van der Waals surface area (Å²) in [7, 11) is -5.74. The number of carbonyl (C=O) groups excluding carboxylic acids is 3. The minimum atomic E-state index is -5.74. The number of esters is 1. The predicted molar refractivity (Wildman–Crippen MR) is 142 cm³/mol. The van der Waals surface area contributed by atoms with Crippen molar-refractivity contribution in [1.82, 2.24) is 5.32 Å². The molecule has 4 atom stereocenters. The topological polar surface area (TPSA) is 199 Å². The maximum atomic E-state index is 14.0. The summed E-state index contributed by atoms with van der Waals surface area (Å²) in [5, 5.41) is 13.3. The maximum absolute atomic E-state index is 14.0. The molecule has 0 fully saturated rings. The van der Waals surface area contributed by atoms with Gasteiger partial charge in [0.1, 0.15) is 6.61 Å². The molecular weight excluding hydrogens is 525 g/mol. The number of benzene rings is 2. The number of hydrogen-bond donors (Lipinski definition) is 5. The summed E-state index contributed by atoms with van der Waals surface area (Å²) >= 11 is 0. The molecule has 2 aromatic carbocycles. The summed E-state index contributed by atoms with van der Waals surface area (Å²) in [5.74, 6) is -4.67. The number of carbonyl (C=O) groups is 3. The van der Waals surface area contributed by atoms with Crippen molar-refractivity contribution in [1.29, 1.82) is 0 Å². The van der Waals surface area contributed by atoms with Crippen LogP contribution >= 0.6 is 0 Å². The average molecular weight is 560 g/mol. The van der Waals surface area contributed by atoms with Crippen molar-refractivity contribution in [2.75, 3.05) is 6.54 Å². The summed E-state index contributed by atoms with van der Waals surface area (Å²) < 4.78 is 40.4. The third kappa shape index (κ3) is 6.52. The third-order valence-corrected chi connectivity index (χ3v) is 7.34. The molecule has 0 spiro atoms. The van der Waals surface area contributed by atoms with Crippen LogP contribution in [0.3, 0.4) is 0 Å². The van der Waals surface area contributed by atoms with Gasteiger partial charge in [0, 0.05) is 6.54 Å². The summed E-state index contributed by atoms with van der Waals surface area (Å²) in [4.78, 5) is 37.0. The Morgan fingerprint density at radius 3 is 1.95 bits per heavy atom. The van der Waals surface area contributed by atoms with Crippen LogP contribution in [0, 0.1) is 5.92 Å². The molecule has 0 aromatic heterocycles. The number of rotatable bonds is 12. The Morgan fingerprint density at radius 2 is 1.50 bits per heavy atom. The van der Waals surface area contributed by atoms with Crippen LogP contribution in [0.4, 0.5) is 0 Å². The predicted octanol–water partition coefficient (Wildman–Crippen LogP) is -0.388. The van der Waals surface area contributed by atoms with Crippen molar-refractivity contribution < 1.29 is 37.2 Å². The molecular formula is C25H34N3NaO8S. The van der Waals surface area contributed by atoms with Gasteiger partial charge < -0.3 is 26.6 Å². The summed E-state index contributed by atoms with van der Waals surface area (Å²) in [5.41, 5.74) is 9.93. The number of hydrogen-bond acceptors (Lipinski definition) is 9. The molecule has 38 heavy (non-hydrogen) atoms. The van der Waals surface area contributed by atoms with E-state index in [-0.39, 0.29) is 48.3 Å². The SMILES string of the molecule is CCNC(=O)C(O)(C(N)C(C(=O)OCc1ccccc1)(C(=O)[C@H](N)C(C)C)c1ccccc1)S(=O)(=O)O.[NaH]. The van der Waals surface area contributed by atoms with Crippen LogP contribution < -0.4 is 16.8 Å². The molecule has 13 heteroatoms. The Hall–Kier alpha value is -2.16. The van der Waals surface area contributed by atoms with Crippen molar-refractivity contribution in [2.45, 2.75) is 49.8 Å². The van der Waals surface area contributed by atoms with E-state index >= 15 is 0 Å². The van der Waals surface area contributed by atoms with Gasteiger partial charge in [-0.2, -0.15) is 8.42 Å². The molecule has 0 bridgehead atoms. The number of nitrogens with two attached hydrogens (primary N) is 2. The van der Waals surface area contributed by atoms with Crippen LogP contribution in [0.5, 0.6) is 0 Å². The van der Waals surface area contributed by atoms with E-state index in [4.69, 9.17) is 16.2 Å². The molecule has 0 aliphatic carbocycles. The van der Waals surface area contributed by atoms with Crippen LogP contribution in [-0.4, -0.2) is 88.9 Å². The third-order valence-electron chi connectivity index (χ3n) is 6.12. The van der Waals surface area contributed by atoms with Gasteiger partial charge in [-0.15, -0.1) is 0 Å². The van der Waals surface area contributed by atoms with Gasteiger partial charge in [-0.3, -0.25) is 18.9 Å². The van der Waals surface area contributed by atoms with Gasteiger partial charge in [-0.05, 0) is 24.0 Å².